The molecule has 0 aliphatic carbocycles. The topological polar surface area (TPSA) is 80.1 Å². The average molecular weight is 464 g/mol. The molecule has 5 rings (SSSR count). The maximum absolute atomic E-state index is 13.6. The zero-order valence-corrected chi connectivity index (χ0v) is 19.3. The molecule has 0 unspecified atom stereocenters. The minimum Gasteiger partial charge on any atom is -0.342 e. The summed E-state index contributed by atoms with van der Waals surface area (Å²) >= 11 is 0. The van der Waals surface area contributed by atoms with Crippen molar-refractivity contribution in [3.05, 3.63) is 103 Å². The van der Waals surface area contributed by atoms with Crippen LogP contribution in [0, 0.1) is 0 Å². The molecule has 7 heteroatoms. The van der Waals surface area contributed by atoms with Gasteiger partial charge in [0.15, 0.2) is 0 Å². The smallest absolute Gasteiger partial charge is 0.249 e. The van der Waals surface area contributed by atoms with E-state index >= 15 is 0 Å². The minimum atomic E-state index is -0.740. The summed E-state index contributed by atoms with van der Waals surface area (Å²) < 4.78 is 1.78. The fraction of sp³-hybridized carbons (Fsp3) is 0.143. The van der Waals surface area contributed by atoms with Gasteiger partial charge in [0, 0.05) is 18.9 Å². The first-order chi connectivity index (χ1) is 17.1. The number of pyridine rings is 1. The maximum atomic E-state index is 13.6. The van der Waals surface area contributed by atoms with E-state index in [2.05, 4.69) is 15.3 Å². The summed E-state index contributed by atoms with van der Waals surface area (Å²) in [6, 6.07) is 26.3. The lowest BCUT2D eigenvalue weighted by Gasteiger charge is -2.25. The Morgan fingerprint density at radius 2 is 1.63 bits per heavy atom. The number of amides is 2. The van der Waals surface area contributed by atoms with Gasteiger partial charge in [0.05, 0.1) is 34.8 Å². The molecule has 2 amide bonds. The number of benzene rings is 3. The van der Waals surface area contributed by atoms with Crippen molar-refractivity contribution in [2.75, 3.05) is 11.9 Å². The first kappa shape index (κ1) is 22.3. The van der Waals surface area contributed by atoms with Gasteiger partial charge in [-0.15, -0.1) is 0 Å². The highest BCUT2D eigenvalue weighted by Crippen LogP contribution is 2.20. The van der Waals surface area contributed by atoms with E-state index in [1.54, 1.807) is 29.0 Å². The van der Waals surface area contributed by atoms with Crippen molar-refractivity contribution in [1.29, 1.82) is 0 Å². The maximum Gasteiger partial charge on any atom is 0.249 e. The van der Waals surface area contributed by atoms with E-state index in [0.717, 1.165) is 27.5 Å². The van der Waals surface area contributed by atoms with Crippen LogP contribution in [-0.2, 0) is 22.6 Å². The van der Waals surface area contributed by atoms with E-state index < -0.39 is 6.04 Å². The molecule has 7 nitrogen and oxygen atoms in total. The Morgan fingerprint density at radius 3 is 2.46 bits per heavy atom. The van der Waals surface area contributed by atoms with E-state index in [1.165, 1.54) is 0 Å². The van der Waals surface area contributed by atoms with Crippen LogP contribution in [0.15, 0.2) is 97.5 Å². The van der Waals surface area contributed by atoms with Crippen molar-refractivity contribution < 1.29 is 9.59 Å². The molecule has 0 fully saturated rings. The summed E-state index contributed by atoms with van der Waals surface area (Å²) in [4.78, 5) is 37.0. The summed E-state index contributed by atoms with van der Waals surface area (Å²) in [5.41, 5.74) is 4.18. The molecule has 2 aromatic heterocycles. The van der Waals surface area contributed by atoms with Gasteiger partial charge in [0.25, 0.3) is 0 Å². The number of hydrogen-bond donors (Lipinski definition) is 1. The minimum absolute atomic E-state index is 0.0698. The van der Waals surface area contributed by atoms with E-state index in [9.17, 15) is 9.59 Å². The lowest BCUT2D eigenvalue weighted by molar-refractivity contribution is -0.127. The second-order valence-corrected chi connectivity index (χ2v) is 8.45. The van der Waals surface area contributed by atoms with Crippen molar-refractivity contribution in [3.63, 3.8) is 0 Å². The number of carbonyl (C=O) groups is 2. The van der Waals surface area contributed by atoms with E-state index in [0.29, 0.717) is 12.1 Å². The third-order valence-corrected chi connectivity index (χ3v) is 6.05. The molecule has 174 valence electrons. The van der Waals surface area contributed by atoms with Gasteiger partial charge in [-0.2, -0.15) is 0 Å². The molecule has 35 heavy (non-hydrogen) atoms. The Hall–Kier alpha value is -4.52. The van der Waals surface area contributed by atoms with E-state index in [4.69, 9.17) is 0 Å². The molecule has 2 heterocycles. The number of hydrogen-bond acceptors (Lipinski definition) is 4. The third kappa shape index (κ3) is 4.89. The second-order valence-electron chi connectivity index (χ2n) is 8.45. The molecule has 0 aliphatic heterocycles. The highest BCUT2D eigenvalue weighted by atomic mass is 16.2. The number of nitrogens with one attached hydrogen (secondary N) is 1. The quantitative estimate of drug-likeness (QED) is 0.396. The van der Waals surface area contributed by atoms with E-state index in [-0.39, 0.29) is 18.4 Å². The van der Waals surface area contributed by atoms with Gasteiger partial charge in [-0.05, 0) is 29.8 Å². The molecule has 0 spiro atoms. The van der Waals surface area contributed by atoms with Gasteiger partial charge in [-0.25, -0.2) is 4.98 Å². The van der Waals surface area contributed by atoms with Crippen LogP contribution in [-0.4, -0.2) is 39.4 Å². The summed E-state index contributed by atoms with van der Waals surface area (Å²) in [5, 5.41) is 3.90. The molecule has 0 aliphatic rings. The molecule has 0 saturated carbocycles. The first-order valence-electron chi connectivity index (χ1n) is 11.4. The lowest BCUT2D eigenvalue weighted by atomic mass is 10.0. The standard InChI is InChI=1S/C28H25N5O2/c1-32(22-16-21-11-5-6-12-23(21)29-17-22)28(35)25(15-20-9-3-2-4-10-20)31-27(34)18-33-19-30-24-13-7-8-14-26(24)33/h2-14,16-17,19,25H,15,18H2,1H3,(H,31,34)/t25-/m0/s1. The zero-order valence-electron chi connectivity index (χ0n) is 19.3. The van der Waals surface area contributed by atoms with Gasteiger partial charge < -0.3 is 14.8 Å². The van der Waals surface area contributed by atoms with Gasteiger partial charge in [-0.1, -0.05) is 60.7 Å². The van der Waals surface area contributed by atoms with Crippen molar-refractivity contribution in [2.45, 2.75) is 19.0 Å². The molecular weight excluding hydrogens is 438 g/mol. The number of nitrogens with zero attached hydrogens (tertiary/aromatic N) is 4. The SMILES string of the molecule is CN(C(=O)[C@H](Cc1ccccc1)NC(=O)Cn1cnc2ccccc21)c1cnc2ccccc2c1. The molecule has 1 N–H and O–H groups in total. The van der Waals surface area contributed by atoms with Crippen LogP contribution in [0.4, 0.5) is 5.69 Å². The fourth-order valence-corrected chi connectivity index (χ4v) is 4.18. The molecule has 5 aromatic rings. The van der Waals surface area contributed by atoms with Crippen LogP contribution in [0.5, 0.6) is 0 Å². The number of anilines is 1. The Bertz CT molecular complexity index is 1500. The molecule has 3 aromatic carbocycles. The summed E-state index contributed by atoms with van der Waals surface area (Å²) in [6.45, 7) is 0.0698. The van der Waals surface area contributed by atoms with Gasteiger partial charge in [-0.3, -0.25) is 14.6 Å². The molecule has 1 atom stereocenters. The second kappa shape index (κ2) is 9.77. The first-order valence-corrected chi connectivity index (χ1v) is 11.4. The van der Waals surface area contributed by atoms with Crippen LogP contribution < -0.4 is 10.2 Å². The van der Waals surface area contributed by atoms with Crippen molar-refractivity contribution in [2.24, 2.45) is 0 Å². The summed E-state index contributed by atoms with van der Waals surface area (Å²) in [5.74, 6) is -0.470. The van der Waals surface area contributed by atoms with Gasteiger partial charge in [0.1, 0.15) is 12.6 Å². The number of rotatable bonds is 7. The van der Waals surface area contributed by atoms with Crippen LogP contribution >= 0.6 is 0 Å². The molecular formula is C28H25N5O2. The van der Waals surface area contributed by atoms with Crippen molar-refractivity contribution in [1.82, 2.24) is 19.9 Å². The monoisotopic (exact) mass is 463 g/mol. The Labute approximate surface area is 203 Å². The predicted molar refractivity (Wildman–Crippen MR) is 137 cm³/mol. The zero-order chi connectivity index (χ0) is 24.2. The third-order valence-electron chi connectivity index (χ3n) is 6.05. The Morgan fingerprint density at radius 1 is 0.914 bits per heavy atom. The lowest BCUT2D eigenvalue weighted by Crippen LogP contribution is -2.49. The molecule has 0 bridgehead atoms. The fourth-order valence-electron chi connectivity index (χ4n) is 4.18. The number of likely N-dealkylation sites (N-methyl/N-ethyl adjacent to an activating group) is 1. The highest BCUT2D eigenvalue weighted by molar-refractivity contribution is 6.00. The van der Waals surface area contributed by atoms with Crippen LogP contribution in [0.1, 0.15) is 5.56 Å². The summed E-state index contributed by atoms with van der Waals surface area (Å²) in [7, 11) is 1.71. The van der Waals surface area contributed by atoms with Crippen molar-refractivity contribution in [3.8, 4) is 0 Å². The molecule has 0 saturated heterocycles. The van der Waals surface area contributed by atoms with Gasteiger partial charge in [0.2, 0.25) is 11.8 Å². The number of aromatic nitrogens is 3. The number of carbonyl (C=O) groups excluding carboxylic acids is 2. The van der Waals surface area contributed by atoms with Crippen LogP contribution in [0.3, 0.4) is 0 Å². The number of imidazole rings is 1. The predicted octanol–water partition coefficient (Wildman–Crippen LogP) is 3.98. The Kier molecular flexibility index (Phi) is 6.22. The largest absolute Gasteiger partial charge is 0.342 e. The van der Waals surface area contributed by atoms with Crippen molar-refractivity contribution >= 4 is 39.4 Å². The Balaban J connectivity index is 1.38. The van der Waals surface area contributed by atoms with Crippen LogP contribution in [0.2, 0.25) is 0 Å². The van der Waals surface area contributed by atoms with Gasteiger partial charge >= 0.3 is 0 Å². The summed E-state index contributed by atoms with van der Waals surface area (Å²) in [6.07, 6.45) is 3.70. The number of fused-ring (bicyclic) bond motifs is 2. The van der Waals surface area contributed by atoms with E-state index in [1.807, 2.05) is 84.9 Å². The highest BCUT2D eigenvalue weighted by Gasteiger charge is 2.26. The number of para-hydroxylation sites is 3. The van der Waals surface area contributed by atoms with Crippen LogP contribution in [0.25, 0.3) is 21.9 Å². The molecule has 0 radical (unpaired) electrons. The average Bonchev–Trinajstić information content (AvgIpc) is 3.30. The normalized spacial score (nSPS) is 11.9.